The fourth-order valence-electron chi connectivity index (χ4n) is 0. The van der Waals surface area contributed by atoms with E-state index in [2.05, 4.69) is 0 Å². The Morgan fingerprint density at radius 3 is 0.750 bits per heavy atom. The zero-order valence-corrected chi connectivity index (χ0v) is 5.82. The zero-order chi connectivity index (χ0) is 0. The molecule has 0 heterocycles. The predicted octanol–water partition coefficient (Wildman–Crippen LogP) is -3.93. The predicted molar refractivity (Wildman–Crippen MR) is 13.4 cm³/mol. The maximum atomic E-state index is 0. The topological polar surface area (TPSA) is 30.0 Å². The van der Waals surface area contributed by atoms with Crippen molar-refractivity contribution < 1.29 is 17.9 Å². The Hall–Kier alpha value is 1.78. The molecule has 16 valence electrons. The monoisotopic (exact) mass is 99.9 g/mol. The molecule has 0 unspecified atom stereocenters. The van der Waals surface area contributed by atoms with Crippen molar-refractivity contribution in [1.29, 1.82) is 0 Å². The third-order valence-electron chi connectivity index (χ3n) is 0. The number of halogens is 1. The second-order valence-corrected chi connectivity index (χ2v) is 0. The first-order valence-electron chi connectivity index (χ1n) is 0. The molecular formula is HClMg2O+2. The average molecular weight is 101 g/mol. The minimum Gasteiger partial charge on any atom is -1.00 e. The Labute approximate surface area is 63.5 Å². The first kappa shape index (κ1) is 41.6. The van der Waals surface area contributed by atoms with Gasteiger partial charge in [0.25, 0.3) is 0 Å². The van der Waals surface area contributed by atoms with Crippen LogP contribution in [-0.2, 0) is 0 Å². The largest absolute Gasteiger partial charge is 2.00 e. The van der Waals surface area contributed by atoms with Gasteiger partial charge in [-0.05, 0) is 0 Å². The summed E-state index contributed by atoms with van der Waals surface area (Å²) in [5.74, 6) is 0. The van der Waals surface area contributed by atoms with Crippen molar-refractivity contribution in [1.82, 2.24) is 0 Å². The van der Waals surface area contributed by atoms with Crippen LogP contribution in [0.5, 0.6) is 0 Å². The van der Waals surface area contributed by atoms with Crippen LogP contribution in [0.15, 0.2) is 0 Å². The summed E-state index contributed by atoms with van der Waals surface area (Å²) in [5, 5.41) is 0. The van der Waals surface area contributed by atoms with Crippen LogP contribution in [0.4, 0.5) is 0 Å². The van der Waals surface area contributed by atoms with Crippen LogP contribution in [0.2, 0.25) is 0 Å². The summed E-state index contributed by atoms with van der Waals surface area (Å²) >= 11 is 0. The minimum absolute atomic E-state index is 0. The molecule has 4 heteroatoms. The van der Waals surface area contributed by atoms with E-state index < -0.39 is 0 Å². The SMILES string of the molecule is [Cl-].[Mg+2].[Mg+2].[OH-]. The molecule has 0 amide bonds. The van der Waals surface area contributed by atoms with Crippen molar-refractivity contribution in [2.45, 2.75) is 0 Å². The molecule has 0 spiro atoms. The van der Waals surface area contributed by atoms with E-state index in [0.717, 1.165) is 0 Å². The van der Waals surface area contributed by atoms with Gasteiger partial charge in [0.15, 0.2) is 0 Å². The Bertz CT molecular complexity index is 6.00. The Kier molecular flexibility index (Phi) is 224. The molecule has 0 aromatic carbocycles. The molecule has 0 saturated heterocycles. The van der Waals surface area contributed by atoms with Gasteiger partial charge in [-0.15, -0.1) is 0 Å². The van der Waals surface area contributed by atoms with E-state index >= 15 is 0 Å². The molecule has 1 N–H and O–H groups in total. The smallest absolute Gasteiger partial charge is 1.00 e. The summed E-state index contributed by atoms with van der Waals surface area (Å²) in [6.07, 6.45) is 0. The van der Waals surface area contributed by atoms with Crippen LogP contribution in [-0.4, -0.2) is 51.6 Å². The van der Waals surface area contributed by atoms with Crippen LogP contribution < -0.4 is 12.4 Å². The first-order valence-corrected chi connectivity index (χ1v) is 0. The van der Waals surface area contributed by atoms with Crippen LogP contribution in [0.1, 0.15) is 0 Å². The third kappa shape index (κ3) is 9.22. The van der Waals surface area contributed by atoms with E-state index in [4.69, 9.17) is 0 Å². The fraction of sp³-hybridized carbons (Fsp3) is 0. The van der Waals surface area contributed by atoms with Gasteiger partial charge in [-0.3, -0.25) is 0 Å². The molecule has 4 heavy (non-hydrogen) atoms. The molecule has 0 radical (unpaired) electrons. The molecule has 0 aromatic rings. The van der Waals surface area contributed by atoms with Crippen molar-refractivity contribution in [2.75, 3.05) is 0 Å². The van der Waals surface area contributed by atoms with E-state index in [0.29, 0.717) is 0 Å². The van der Waals surface area contributed by atoms with E-state index in [1.54, 1.807) is 0 Å². The van der Waals surface area contributed by atoms with Gasteiger partial charge >= 0.3 is 46.1 Å². The molecule has 0 rings (SSSR count). The molecule has 0 bridgehead atoms. The molecule has 0 saturated carbocycles. The Morgan fingerprint density at radius 1 is 0.750 bits per heavy atom. The van der Waals surface area contributed by atoms with Gasteiger partial charge in [-0.1, -0.05) is 0 Å². The normalized spacial score (nSPS) is 0. The number of rotatable bonds is 0. The van der Waals surface area contributed by atoms with Crippen LogP contribution in [0.3, 0.4) is 0 Å². The van der Waals surface area contributed by atoms with Crippen molar-refractivity contribution in [3.63, 3.8) is 0 Å². The Morgan fingerprint density at radius 2 is 0.750 bits per heavy atom. The minimum atomic E-state index is 0. The van der Waals surface area contributed by atoms with Crippen molar-refractivity contribution in [2.24, 2.45) is 0 Å². The standard InChI is InChI=1S/ClH.2Mg.H2O/h1H;;;1H2/q;2*+2;/p-2. The third-order valence-corrected chi connectivity index (χ3v) is 0. The van der Waals surface area contributed by atoms with Gasteiger partial charge < -0.3 is 17.9 Å². The Balaban J connectivity index is 0. The van der Waals surface area contributed by atoms with Gasteiger partial charge in [0.05, 0.1) is 0 Å². The van der Waals surface area contributed by atoms with E-state index in [1.807, 2.05) is 0 Å². The van der Waals surface area contributed by atoms with E-state index in [1.165, 1.54) is 0 Å². The van der Waals surface area contributed by atoms with Crippen LogP contribution in [0.25, 0.3) is 0 Å². The van der Waals surface area contributed by atoms with Gasteiger partial charge in [0.1, 0.15) is 0 Å². The summed E-state index contributed by atoms with van der Waals surface area (Å²) in [7, 11) is 0. The molecular weight excluding hydrogens is 100 g/mol. The van der Waals surface area contributed by atoms with Crippen molar-refractivity contribution in [3.8, 4) is 0 Å². The molecule has 0 atom stereocenters. The summed E-state index contributed by atoms with van der Waals surface area (Å²) in [4.78, 5) is 0. The second kappa shape index (κ2) is 21.5. The zero-order valence-electron chi connectivity index (χ0n) is 2.24. The number of hydrogen-bond donors (Lipinski definition) is 0. The van der Waals surface area contributed by atoms with Gasteiger partial charge in [0, 0.05) is 0 Å². The molecule has 0 fully saturated rings. The van der Waals surface area contributed by atoms with E-state index in [-0.39, 0.29) is 64.0 Å². The summed E-state index contributed by atoms with van der Waals surface area (Å²) in [6, 6.07) is 0. The molecule has 0 aliphatic carbocycles. The molecule has 0 aromatic heterocycles. The van der Waals surface area contributed by atoms with Crippen LogP contribution >= 0.6 is 0 Å². The molecule has 0 aliphatic rings. The van der Waals surface area contributed by atoms with Crippen LogP contribution in [0, 0.1) is 0 Å². The van der Waals surface area contributed by atoms with Gasteiger partial charge in [-0.2, -0.15) is 0 Å². The van der Waals surface area contributed by atoms with E-state index in [9.17, 15) is 0 Å². The average Bonchev–Trinajstić information content (AvgIpc) is 0. The first-order chi connectivity index (χ1) is 0. The quantitative estimate of drug-likeness (QED) is 0.286. The summed E-state index contributed by atoms with van der Waals surface area (Å²) < 4.78 is 0. The van der Waals surface area contributed by atoms with Crippen molar-refractivity contribution >= 4 is 46.1 Å². The fourth-order valence-corrected chi connectivity index (χ4v) is 0. The molecule has 0 aliphatic heterocycles. The van der Waals surface area contributed by atoms with Gasteiger partial charge in [0.2, 0.25) is 0 Å². The van der Waals surface area contributed by atoms with Crippen molar-refractivity contribution in [3.05, 3.63) is 0 Å². The summed E-state index contributed by atoms with van der Waals surface area (Å²) in [5.41, 5.74) is 0. The summed E-state index contributed by atoms with van der Waals surface area (Å²) in [6.45, 7) is 0. The second-order valence-electron chi connectivity index (χ2n) is 0. The van der Waals surface area contributed by atoms with Gasteiger partial charge in [-0.25, -0.2) is 0 Å². The maximum absolute atomic E-state index is 0. The maximum Gasteiger partial charge on any atom is 2.00 e. The number of hydrogen-bond acceptors (Lipinski definition) is 1. The molecule has 1 nitrogen and oxygen atoms in total.